The Kier molecular flexibility index (Phi) is 8.37. The summed E-state index contributed by atoms with van der Waals surface area (Å²) >= 11 is 0. The Bertz CT molecular complexity index is 1180. The van der Waals surface area contributed by atoms with Gasteiger partial charge in [0.15, 0.2) is 6.61 Å². The number of sulfonamides is 1. The van der Waals surface area contributed by atoms with Crippen LogP contribution in [0.5, 0.6) is 17.2 Å². The predicted octanol–water partition coefficient (Wildman–Crippen LogP) is 4.15. The second-order valence-corrected chi connectivity index (χ2v) is 9.07. The van der Waals surface area contributed by atoms with Crippen molar-refractivity contribution in [3.05, 3.63) is 78.4 Å². The minimum atomic E-state index is -3.77. The Balaban J connectivity index is 1.52. The van der Waals surface area contributed by atoms with Crippen LogP contribution in [0.2, 0.25) is 0 Å². The first-order valence-electron chi connectivity index (χ1n) is 10.7. The molecule has 0 saturated heterocycles. The number of amides is 1. The van der Waals surface area contributed by atoms with Crippen LogP contribution >= 0.6 is 0 Å². The van der Waals surface area contributed by atoms with E-state index in [1.807, 2.05) is 38.1 Å². The number of nitrogens with one attached hydrogen (secondary N) is 2. The Labute approximate surface area is 199 Å². The molecule has 3 rings (SSSR count). The summed E-state index contributed by atoms with van der Waals surface area (Å²) in [5.74, 6) is 1.49. The van der Waals surface area contributed by atoms with E-state index in [4.69, 9.17) is 14.2 Å². The van der Waals surface area contributed by atoms with Crippen LogP contribution in [-0.4, -0.2) is 34.6 Å². The lowest BCUT2D eigenvalue weighted by molar-refractivity contribution is -0.123. The van der Waals surface area contributed by atoms with Gasteiger partial charge in [0.2, 0.25) is 0 Å². The highest BCUT2D eigenvalue weighted by molar-refractivity contribution is 7.92. The molecule has 0 fully saturated rings. The van der Waals surface area contributed by atoms with Gasteiger partial charge in [0.05, 0.1) is 24.7 Å². The first-order chi connectivity index (χ1) is 16.3. The number of rotatable bonds is 11. The van der Waals surface area contributed by atoms with Crippen molar-refractivity contribution in [3.8, 4) is 17.2 Å². The van der Waals surface area contributed by atoms with Crippen molar-refractivity contribution in [1.82, 2.24) is 5.32 Å². The Morgan fingerprint density at radius 2 is 1.41 bits per heavy atom. The van der Waals surface area contributed by atoms with Crippen LogP contribution in [0.3, 0.4) is 0 Å². The quantitative estimate of drug-likeness (QED) is 0.424. The largest absolute Gasteiger partial charge is 0.497 e. The Hall–Kier alpha value is -3.72. The maximum absolute atomic E-state index is 12.6. The molecule has 2 N–H and O–H groups in total. The van der Waals surface area contributed by atoms with E-state index >= 15 is 0 Å². The van der Waals surface area contributed by atoms with E-state index in [2.05, 4.69) is 10.0 Å². The standard InChI is InChI=1S/C25H28N2O6S/c1-4-32-22-11-7-20(8-12-22)27-34(29,30)24-15-13-23(14-16-24)33-17-25(28)26-18(2)19-5-9-21(31-3)10-6-19/h5-16,18,27H,4,17H2,1-3H3,(H,26,28)/t18-/m1/s1. The average molecular weight is 485 g/mol. The fourth-order valence-corrected chi connectivity index (χ4v) is 4.18. The first-order valence-corrected chi connectivity index (χ1v) is 12.2. The molecule has 0 aromatic heterocycles. The summed E-state index contributed by atoms with van der Waals surface area (Å²) < 4.78 is 43.8. The number of anilines is 1. The number of carbonyl (C=O) groups is 1. The predicted molar refractivity (Wildman–Crippen MR) is 130 cm³/mol. The molecule has 0 aliphatic heterocycles. The zero-order chi connectivity index (χ0) is 24.6. The fraction of sp³-hybridized carbons (Fsp3) is 0.240. The third kappa shape index (κ3) is 6.89. The smallest absolute Gasteiger partial charge is 0.261 e. The third-order valence-corrected chi connectivity index (χ3v) is 6.31. The topological polar surface area (TPSA) is 103 Å². The van der Waals surface area contributed by atoms with Gasteiger partial charge in [-0.25, -0.2) is 8.42 Å². The average Bonchev–Trinajstić information content (AvgIpc) is 2.84. The van der Waals surface area contributed by atoms with Gasteiger partial charge in [-0.1, -0.05) is 12.1 Å². The molecule has 1 atom stereocenters. The van der Waals surface area contributed by atoms with E-state index in [1.54, 1.807) is 31.4 Å². The maximum atomic E-state index is 12.6. The molecule has 180 valence electrons. The highest BCUT2D eigenvalue weighted by Crippen LogP contribution is 2.22. The maximum Gasteiger partial charge on any atom is 0.261 e. The summed E-state index contributed by atoms with van der Waals surface area (Å²) in [7, 11) is -2.18. The van der Waals surface area contributed by atoms with Gasteiger partial charge < -0.3 is 19.5 Å². The van der Waals surface area contributed by atoms with Gasteiger partial charge in [-0.3, -0.25) is 9.52 Å². The number of hydrogen-bond acceptors (Lipinski definition) is 6. The molecular formula is C25H28N2O6S. The van der Waals surface area contributed by atoms with Gasteiger partial charge in [-0.2, -0.15) is 0 Å². The van der Waals surface area contributed by atoms with Crippen molar-refractivity contribution in [2.24, 2.45) is 0 Å². The third-order valence-electron chi connectivity index (χ3n) is 4.91. The molecule has 9 heteroatoms. The van der Waals surface area contributed by atoms with Gasteiger partial charge in [-0.15, -0.1) is 0 Å². The van der Waals surface area contributed by atoms with Gasteiger partial charge in [-0.05, 0) is 80.1 Å². The van der Waals surface area contributed by atoms with Crippen LogP contribution in [0.1, 0.15) is 25.5 Å². The number of carbonyl (C=O) groups excluding carboxylic acids is 1. The zero-order valence-electron chi connectivity index (χ0n) is 19.3. The highest BCUT2D eigenvalue weighted by atomic mass is 32.2. The molecule has 0 heterocycles. The zero-order valence-corrected chi connectivity index (χ0v) is 20.1. The highest BCUT2D eigenvalue weighted by Gasteiger charge is 2.15. The molecule has 0 aliphatic rings. The molecule has 3 aromatic rings. The summed E-state index contributed by atoms with van der Waals surface area (Å²) in [6, 6.07) is 19.7. The number of methoxy groups -OCH3 is 1. The molecule has 8 nitrogen and oxygen atoms in total. The van der Waals surface area contributed by atoms with Crippen molar-refractivity contribution in [2.45, 2.75) is 24.8 Å². The lowest BCUT2D eigenvalue weighted by Gasteiger charge is -2.15. The summed E-state index contributed by atoms with van der Waals surface area (Å²) in [4.78, 5) is 12.3. The van der Waals surface area contributed by atoms with Crippen molar-refractivity contribution >= 4 is 21.6 Å². The molecule has 0 bridgehead atoms. The SMILES string of the molecule is CCOc1ccc(NS(=O)(=O)c2ccc(OCC(=O)N[C@H](C)c3ccc(OC)cc3)cc2)cc1. The summed E-state index contributed by atoms with van der Waals surface area (Å²) in [6.45, 7) is 4.08. The van der Waals surface area contributed by atoms with E-state index in [0.29, 0.717) is 23.8 Å². The molecule has 0 saturated carbocycles. The normalized spacial score (nSPS) is 11.9. The minimum absolute atomic E-state index is 0.0753. The number of ether oxygens (including phenoxy) is 3. The fourth-order valence-electron chi connectivity index (χ4n) is 3.12. The Morgan fingerprint density at radius 3 is 2.00 bits per heavy atom. The van der Waals surface area contributed by atoms with Crippen LogP contribution < -0.4 is 24.2 Å². The van der Waals surface area contributed by atoms with Crippen molar-refractivity contribution in [1.29, 1.82) is 0 Å². The van der Waals surface area contributed by atoms with Gasteiger partial charge >= 0.3 is 0 Å². The molecule has 0 spiro atoms. The van der Waals surface area contributed by atoms with E-state index in [9.17, 15) is 13.2 Å². The summed E-state index contributed by atoms with van der Waals surface area (Å²) in [5, 5.41) is 2.86. The summed E-state index contributed by atoms with van der Waals surface area (Å²) in [6.07, 6.45) is 0. The van der Waals surface area contributed by atoms with E-state index in [0.717, 1.165) is 11.3 Å². The van der Waals surface area contributed by atoms with Crippen LogP contribution in [0.4, 0.5) is 5.69 Å². The van der Waals surface area contributed by atoms with Crippen molar-refractivity contribution in [3.63, 3.8) is 0 Å². The van der Waals surface area contributed by atoms with Crippen LogP contribution in [-0.2, 0) is 14.8 Å². The molecule has 0 radical (unpaired) electrons. The molecule has 0 unspecified atom stereocenters. The lowest BCUT2D eigenvalue weighted by atomic mass is 10.1. The van der Waals surface area contributed by atoms with Crippen LogP contribution in [0.15, 0.2) is 77.7 Å². The van der Waals surface area contributed by atoms with Crippen molar-refractivity contribution < 1.29 is 27.4 Å². The Morgan fingerprint density at radius 1 is 0.853 bits per heavy atom. The first kappa shape index (κ1) is 24.9. The minimum Gasteiger partial charge on any atom is -0.497 e. The number of benzene rings is 3. The van der Waals surface area contributed by atoms with Gasteiger partial charge in [0.1, 0.15) is 17.2 Å². The molecule has 0 aliphatic carbocycles. The van der Waals surface area contributed by atoms with Crippen molar-refractivity contribution in [2.75, 3.05) is 25.0 Å². The van der Waals surface area contributed by atoms with E-state index in [-0.39, 0.29) is 23.5 Å². The monoisotopic (exact) mass is 484 g/mol. The second kappa shape index (κ2) is 11.4. The van der Waals surface area contributed by atoms with Gasteiger partial charge in [0, 0.05) is 5.69 Å². The van der Waals surface area contributed by atoms with E-state index in [1.165, 1.54) is 24.3 Å². The molecule has 34 heavy (non-hydrogen) atoms. The lowest BCUT2D eigenvalue weighted by Crippen LogP contribution is -2.31. The molecule has 3 aromatic carbocycles. The van der Waals surface area contributed by atoms with Crippen LogP contribution in [0, 0.1) is 0 Å². The molecular weight excluding hydrogens is 456 g/mol. The van der Waals surface area contributed by atoms with Gasteiger partial charge in [0.25, 0.3) is 15.9 Å². The van der Waals surface area contributed by atoms with E-state index < -0.39 is 10.0 Å². The number of hydrogen-bond donors (Lipinski definition) is 2. The van der Waals surface area contributed by atoms with Crippen LogP contribution in [0.25, 0.3) is 0 Å². The second-order valence-electron chi connectivity index (χ2n) is 7.39. The molecule has 1 amide bonds. The summed E-state index contributed by atoms with van der Waals surface area (Å²) in [5.41, 5.74) is 1.36.